The number of ether oxygens (including phenoxy) is 1. The minimum Gasteiger partial charge on any atom is -0.383 e. The van der Waals surface area contributed by atoms with Crippen LogP contribution in [0.25, 0.3) is 11.0 Å². The highest BCUT2D eigenvalue weighted by atomic mass is 16.5. The van der Waals surface area contributed by atoms with Gasteiger partial charge in [-0.2, -0.15) is 0 Å². The fraction of sp³-hybridized carbons (Fsp3) is 0.412. The second kappa shape index (κ2) is 6.93. The Labute approximate surface area is 136 Å². The van der Waals surface area contributed by atoms with E-state index >= 15 is 0 Å². The zero-order valence-electron chi connectivity index (χ0n) is 13.9. The number of aromatic nitrogens is 4. The van der Waals surface area contributed by atoms with Gasteiger partial charge in [-0.15, -0.1) is 0 Å². The van der Waals surface area contributed by atoms with Crippen LogP contribution in [0.1, 0.15) is 11.5 Å². The van der Waals surface area contributed by atoms with Crippen molar-refractivity contribution in [3.05, 3.63) is 48.3 Å². The smallest absolute Gasteiger partial charge is 0.123 e. The van der Waals surface area contributed by atoms with Gasteiger partial charge in [0.05, 0.1) is 36.2 Å². The lowest BCUT2D eigenvalue weighted by atomic mass is 10.3. The third-order valence-corrected chi connectivity index (χ3v) is 4.06. The molecule has 0 radical (unpaired) electrons. The number of hydrogen-bond acceptors (Lipinski definition) is 4. The molecule has 0 fully saturated rings. The van der Waals surface area contributed by atoms with Gasteiger partial charge < -0.3 is 13.9 Å². The quantitative estimate of drug-likeness (QED) is 0.670. The van der Waals surface area contributed by atoms with E-state index in [4.69, 9.17) is 9.72 Å². The molecule has 0 saturated heterocycles. The molecular weight excluding hydrogens is 290 g/mol. The maximum Gasteiger partial charge on any atom is 0.123 e. The van der Waals surface area contributed by atoms with Crippen molar-refractivity contribution in [2.24, 2.45) is 7.05 Å². The number of hydrogen-bond donors (Lipinski definition) is 0. The molecule has 0 bridgehead atoms. The second-order valence-corrected chi connectivity index (χ2v) is 5.82. The predicted octanol–water partition coefficient (Wildman–Crippen LogP) is 2.05. The Balaban J connectivity index is 1.70. The Morgan fingerprint density at radius 3 is 2.83 bits per heavy atom. The predicted molar refractivity (Wildman–Crippen MR) is 90.0 cm³/mol. The molecule has 0 aliphatic heterocycles. The molecule has 2 heterocycles. The summed E-state index contributed by atoms with van der Waals surface area (Å²) in [7, 11) is 5.89. The third-order valence-electron chi connectivity index (χ3n) is 4.06. The van der Waals surface area contributed by atoms with E-state index < -0.39 is 0 Å². The molecule has 3 rings (SSSR count). The van der Waals surface area contributed by atoms with Crippen molar-refractivity contribution in [3.8, 4) is 0 Å². The fourth-order valence-electron chi connectivity index (χ4n) is 2.78. The highest BCUT2D eigenvalue weighted by molar-refractivity contribution is 5.75. The molecule has 0 N–H and O–H groups in total. The zero-order valence-corrected chi connectivity index (χ0v) is 13.9. The van der Waals surface area contributed by atoms with Crippen molar-refractivity contribution in [2.45, 2.75) is 19.6 Å². The SMILES string of the molecule is COCCn1cncc1CN(C)Cc1nc2ccccc2n1C. The molecule has 2 aromatic heterocycles. The van der Waals surface area contributed by atoms with E-state index in [0.717, 1.165) is 31.0 Å². The Morgan fingerprint density at radius 2 is 2.04 bits per heavy atom. The summed E-state index contributed by atoms with van der Waals surface area (Å²) in [5, 5.41) is 0. The van der Waals surface area contributed by atoms with Crippen LogP contribution in [0, 0.1) is 0 Å². The van der Waals surface area contributed by atoms with E-state index in [1.807, 2.05) is 24.7 Å². The van der Waals surface area contributed by atoms with Crippen LogP contribution >= 0.6 is 0 Å². The molecule has 0 saturated carbocycles. The van der Waals surface area contributed by atoms with Crippen molar-refractivity contribution in [1.29, 1.82) is 0 Å². The number of nitrogens with zero attached hydrogens (tertiary/aromatic N) is 5. The monoisotopic (exact) mass is 313 g/mol. The van der Waals surface area contributed by atoms with Gasteiger partial charge in [0, 0.05) is 33.4 Å². The fourth-order valence-corrected chi connectivity index (χ4v) is 2.78. The van der Waals surface area contributed by atoms with Gasteiger partial charge in [-0.25, -0.2) is 9.97 Å². The first kappa shape index (κ1) is 15.7. The summed E-state index contributed by atoms with van der Waals surface area (Å²) < 4.78 is 9.44. The average molecular weight is 313 g/mol. The van der Waals surface area contributed by atoms with Gasteiger partial charge in [0.15, 0.2) is 0 Å². The first-order valence-corrected chi connectivity index (χ1v) is 7.76. The van der Waals surface area contributed by atoms with E-state index in [0.29, 0.717) is 6.61 Å². The summed E-state index contributed by atoms with van der Waals surface area (Å²) in [6.45, 7) is 3.14. The molecule has 0 amide bonds. The van der Waals surface area contributed by atoms with Crippen LogP contribution in [-0.2, 0) is 31.4 Å². The van der Waals surface area contributed by atoms with Gasteiger partial charge in [0.1, 0.15) is 5.82 Å². The van der Waals surface area contributed by atoms with Crippen LogP contribution in [0.15, 0.2) is 36.8 Å². The number of rotatable bonds is 7. The van der Waals surface area contributed by atoms with E-state index in [9.17, 15) is 0 Å². The van der Waals surface area contributed by atoms with Crippen molar-refractivity contribution >= 4 is 11.0 Å². The summed E-state index contributed by atoms with van der Waals surface area (Å²) in [5.41, 5.74) is 3.40. The lowest BCUT2D eigenvalue weighted by Crippen LogP contribution is -2.21. The first-order chi connectivity index (χ1) is 11.2. The number of imidazole rings is 2. The minimum absolute atomic E-state index is 0.692. The van der Waals surface area contributed by atoms with Crippen molar-refractivity contribution < 1.29 is 4.74 Å². The van der Waals surface area contributed by atoms with Crippen LogP contribution in [-0.4, -0.2) is 44.8 Å². The first-order valence-electron chi connectivity index (χ1n) is 7.76. The highest BCUT2D eigenvalue weighted by Crippen LogP contribution is 2.16. The molecule has 0 unspecified atom stereocenters. The topological polar surface area (TPSA) is 48.1 Å². The Bertz CT molecular complexity index is 776. The molecule has 6 nitrogen and oxygen atoms in total. The van der Waals surface area contributed by atoms with E-state index in [1.54, 1.807) is 7.11 Å². The number of aryl methyl sites for hydroxylation is 1. The van der Waals surface area contributed by atoms with Crippen molar-refractivity contribution in [3.63, 3.8) is 0 Å². The van der Waals surface area contributed by atoms with Gasteiger partial charge in [0.25, 0.3) is 0 Å². The van der Waals surface area contributed by atoms with Crippen LogP contribution in [0.4, 0.5) is 0 Å². The molecular formula is C17H23N5O. The average Bonchev–Trinajstić information content (AvgIpc) is 3.11. The molecule has 6 heteroatoms. The van der Waals surface area contributed by atoms with Crippen LogP contribution in [0.5, 0.6) is 0 Å². The lowest BCUT2D eigenvalue weighted by molar-refractivity contribution is 0.184. The van der Waals surface area contributed by atoms with Crippen LogP contribution in [0.3, 0.4) is 0 Å². The number of para-hydroxylation sites is 2. The van der Waals surface area contributed by atoms with Crippen LogP contribution in [0.2, 0.25) is 0 Å². The summed E-state index contributed by atoms with van der Waals surface area (Å²) in [6.07, 6.45) is 3.78. The maximum atomic E-state index is 5.14. The van der Waals surface area contributed by atoms with Gasteiger partial charge >= 0.3 is 0 Å². The standard InChI is InChI=1S/C17H23N5O/c1-20(11-14-10-18-13-22(14)8-9-23-3)12-17-19-15-6-4-5-7-16(15)21(17)2/h4-7,10,13H,8-9,11-12H2,1-3H3. The number of methoxy groups -OCH3 is 1. The summed E-state index contributed by atoms with van der Waals surface area (Å²) in [6, 6.07) is 8.23. The van der Waals surface area contributed by atoms with Gasteiger partial charge in [-0.1, -0.05) is 12.1 Å². The Hall–Kier alpha value is -2.18. The normalized spacial score (nSPS) is 11.7. The minimum atomic E-state index is 0.692. The molecule has 1 aromatic carbocycles. The molecule has 23 heavy (non-hydrogen) atoms. The largest absolute Gasteiger partial charge is 0.383 e. The zero-order chi connectivity index (χ0) is 16.2. The molecule has 0 atom stereocenters. The summed E-state index contributed by atoms with van der Waals surface area (Å²) in [5.74, 6) is 1.07. The lowest BCUT2D eigenvalue weighted by Gasteiger charge is -2.17. The van der Waals surface area contributed by atoms with E-state index in [-0.39, 0.29) is 0 Å². The highest BCUT2D eigenvalue weighted by Gasteiger charge is 2.11. The van der Waals surface area contributed by atoms with Gasteiger partial charge in [-0.05, 0) is 19.2 Å². The maximum absolute atomic E-state index is 5.14. The van der Waals surface area contributed by atoms with E-state index in [2.05, 4.69) is 45.2 Å². The number of benzene rings is 1. The Kier molecular flexibility index (Phi) is 4.73. The molecule has 3 aromatic rings. The molecule has 122 valence electrons. The molecule has 0 aliphatic carbocycles. The van der Waals surface area contributed by atoms with Crippen molar-refractivity contribution in [2.75, 3.05) is 20.8 Å². The van der Waals surface area contributed by atoms with Crippen LogP contribution < -0.4 is 0 Å². The molecule has 0 aliphatic rings. The second-order valence-electron chi connectivity index (χ2n) is 5.82. The number of fused-ring (bicyclic) bond motifs is 1. The van der Waals surface area contributed by atoms with Gasteiger partial charge in [-0.3, -0.25) is 4.90 Å². The van der Waals surface area contributed by atoms with Gasteiger partial charge in [0.2, 0.25) is 0 Å². The third kappa shape index (κ3) is 3.43. The summed E-state index contributed by atoms with van der Waals surface area (Å²) in [4.78, 5) is 11.2. The Morgan fingerprint density at radius 1 is 1.22 bits per heavy atom. The van der Waals surface area contributed by atoms with Crippen molar-refractivity contribution in [1.82, 2.24) is 24.0 Å². The molecule has 0 spiro atoms. The summed E-state index contributed by atoms with van der Waals surface area (Å²) >= 11 is 0. The van der Waals surface area contributed by atoms with E-state index in [1.165, 1.54) is 11.2 Å².